The van der Waals surface area contributed by atoms with E-state index in [1.165, 1.54) is 0 Å². The van der Waals surface area contributed by atoms with Crippen LogP contribution in [0.25, 0.3) is 16.8 Å². The van der Waals surface area contributed by atoms with Gasteiger partial charge < -0.3 is 16.2 Å². The lowest BCUT2D eigenvalue weighted by Crippen LogP contribution is -2.13. The summed E-state index contributed by atoms with van der Waals surface area (Å²) in [6, 6.07) is 13.5. The number of benzene rings is 2. The minimum Gasteiger partial charge on any atom is -0.508 e. The van der Waals surface area contributed by atoms with Crippen LogP contribution in [0.4, 0.5) is 5.69 Å². The molecule has 3 aromatic rings. The molecule has 29 heavy (non-hydrogen) atoms. The van der Waals surface area contributed by atoms with E-state index in [1.54, 1.807) is 31.6 Å². The third-order valence-electron chi connectivity index (χ3n) is 5.20. The highest BCUT2D eigenvalue weighted by atomic mass is 16.3. The fraction of sp³-hybridized carbons (Fsp3) is 0.227. The van der Waals surface area contributed by atoms with E-state index in [0.717, 1.165) is 52.3 Å². The highest BCUT2D eigenvalue weighted by molar-refractivity contribution is 6.09. The first-order valence-electron chi connectivity index (χ1n) is 9.55. The maximum Gasteiger partial charge on any atom is 0.115 e. The van der Waals surface area contributed by atoms with E-state index >= 15 is 0 Å². The molecule has 7 heteroatoms. The van der Waals surface area contributed by atoms with Gasteiger partial charge in [-0.15, -0.1) is 5.10 Å². The summed E-state index contributed by atoms with van der Waals surface area (Å²) in [5, 5.41) is 21.8. The first kappa shape index (κ1) is 18.7. The average Bonchev–Trinajstić information content (AvgIpc) is 3.02. The number of aliphatic imine (C=N–C) groups is 1. The van der Waals surface area contributed by atoms with Gasteiger partial charge in [-0.3, -0.25) is 4.99 Å². The van der Waals surface area contributed by atoms with Crippen molar-refractivity contribution in [1.82, 2.24) is 15.0 Å². The van der Waals surface area contributed by atoms with E-state index in [0.29, 0.717) is 0 Å². The van der Waals surface area contributed by atoms with Gasteiger partial charge in [-0.1, -0.05) is 17.3 Å². The van der Waals surface area contributed by atoms with Gasteiger partial charge in [0.25, 0.3) is 0 Å². The molecule has 2 heterocycles. The zero-order valence-corrected chi connectivity index (χ0v) is 16.5. The smallest absolute Gasteiger partial charge is 0.115 e. The number of nitrogens with one attached hydrogen (secondary N) is 1. The Kier molecular flexibility index (Phi) is 5.03. The molecule has 1 aromatic heterocycles. The Balaban J connectivity index is 1.83. The Hall–Kier alpha value is -3.61. The number of fused-ring (bicyclic) bond motifs is 3. The second-order valence-corrected chi connectivity index (χ2v) is 7.09. The Morgan fingerprint density at radius 1 is 1.28 bits per heavy atom. The van der Waals surface area contributed by atoms with E-state index in [2.05, 4.69) is 38.8 Å². The standard InChI is InChI=1S/C22H24N6O/c1-14-22-19-8-3-15(16(12-23)13-24-2)11-20(19)21(9-10-28(22)27-26-14)25-17-4-6-18(29)7-5-17/h3-8,11-13,21,25,29H,9-10,23H2,1-2H3. The van der Waals surface area contributed by atoms with Crippen molar-refractivity contribution in [2.45, 2.75) is 25.9 Å². The molecule has 0 spiro atoms. The van der Waals surface area contributed by atoms with E-state index in [1.807, 2.05) is 23.7 Å². The van der Waals surface area contributed by atoms with Crippen LogP contribution in [0.2, 0.25) is 0 Å². The number of aromatic hydroxyl groups is 1. The van der Waals surface area contributed by atoms with E-state index < -0.39 is 0 Å². The molecular formula is C22H24N6O. The van der Waals surface area contributed by atoms with Gasteiger partial charge in [-0.2, -0.15) is 0 Å². The quantitative estimate of drug-likeness (QED) is 0.469. The van der Waals surface area contributed by atoms with Gasteiger partial charge in [-0.05, 0) is 54.8 Å². The summed E-state index contributed by atoms with van der Waals surface area (Å²) < 4.78 is 1.97. The number of aryl methyl sites for hydroxylation is 2. The molecule has 1 unspecified atom stereocenters. The molecule has 1 atom stereocenters. The molecule has 0 bridgehead atoms. The Labute approximate surface area is 169 Å². The van der Waals surface area contributed by atoms with Crippen molar-refractivity contribution in [2.75, 3.05) is 12.4 Å². The third-order valence-corrected chi connectivity index (χ3v) is 5.20. The fourth-order valence-electron chi connectivity index (χ4n) is 3.81. The Morgan fingerprint density at radius 2 is 2.07 bits per heavy atom. The highest BCUT2D eigenvalue weighted by Gasteiger charge is 2.25. The first-order chi connectivity index (χ1) is 14.1. The molecule has 0 saturated heterocycles. The maximum atomic E-state index is 9.58. The van der Waals surface area contributed by atoms with Crippen molar-refractivity contribution in [3.8, 4) is 17.0 Å². The molecule has 2 aromatic carbocycles. The number of hydrogen-bond donors (Lipinski definition) is 3. The van der Waals surface area contributed by atoms with Crippen LogP contribution < -0.4 is 11.1 Å². The van der Waals surface area contributed by atoms with Gasteiger partial charge in [0.2, 0.25) is 0 Å². The van der Waals surface area contributed by atoms with Crippen LogP contribution in [0.1, 0.15) is 29.3 Å². The normalized spacial score (nSPS) is 16.3. The number of anilines is 1. The second-order valence-electron chi connectivity index (χ2n) is 7.09. The fourth-order valence-corrected chi connectivity index (χ4v) is 3.81. The van der Waals surface area contributed by atoms with Crippen LogP contribution in [0.3, 0.4) is 0 Å². The van der Waals surface area contributed by atoms with Crippen molar-refractivity contribution < 1.29 is 5.11 Å². The Bertz CT molecular complexity index is 1080. The first-order valence-corrected chi connectivity index (χ1v) is 9.55. The molecular weight excluding hydrogens is 364 g/mol. The minimum absolute atomic E-state index is 0.0631. The molecule has 7 nitrogen and oxygen atoms in total. The van der Waals surface area contributed by atoms with Crippen LogP contribution in [0.15, 0.2) is 53.7 Å². The van der Waals surface area contributed by atoms with Crippen LogP contribution in [0.5, 0.6) is 5.75 Å². The number of nitrogens with zero attached hydrogens (tertiary/aromatic N) is 4. The molecule has 148 valence electrons. The summed E-state index contributed by atoms with van der Waals surface area (Å²) in [6.45, 7) is 2.74. The van der Waals surface area contributed by atoms with Crippen molar-refractivity contribution in [1.29, 1.82) is 0 Å². The zero-order valence-electron chi connectivity index (χ0n) is 16.5. The van der Waals surface area contributed by atoms with Crippen molar-refractivity contribution in [3.05, 3.63) is 65.5 Å². The molecule has 0 fully saturated rings. The van der Waals surface area contributed by atoms with Gasteiger partial charge in [0, 0.05) is 42.8 Å². The van der Waals surface area contributed by atoms with Crippen LogP contribution >= 0.6 is 0 Å². The van der Waals surface area contributed by atoms with Crippen LogP contribution in [-0.2, 0) is 6.54 Å². The molecule has 0 radical (unpaired) electrons. The summed E-state index contributed by atoms with van der Waals surface area (Å²) in [6.07, 6.45) is 4.18. The van der Waals surface area contributed by atoms with Crippen LogP contribution in [-0.4, -0.2) is 33.4 Å². The molecule has 4 N–H and O–H groups in total. The number of phenolic OH excluding ortho intramolecular Hbond substituents is 1. The SMILES string of the molecule is CN=CC(=CN)c1ccc2c(c1)C(Nc1ccc(O)cc1)CCn1nnc(C)c1-2. The molecule has 0 amide bonds. The molecule has 4 rings (SSSR count). The largest absolute Gasteiger partial charge is 0.508 e. The summed E-state index contributed by atoms with van der Waals surface area (Å²) in [5.74, 6) is 0.248. The van der Waals surface area contributed by atoms with Gasteiger partial charge in [0.05, 0.1) is 17.4 Å². The zero-order chi connectivity index (χ0) is 20.4. The average molecular weight is 388 g/mol. The predicted molar refractivity (Wildman–Crippen MR) is 116 cm³/mol. The number of phenols is 1. The minimum atomic E-state index is 0.0631. The molecule has 0 aliphatic carbocycles. The molecule has 1 aliphatic rings. The lowest BCUT2D eigenvalue weighted by atomic mass is 9.92. The van der Waals surface area contributed by atoms with Crippen molar-refractivity contribution >= 4 is 17.5 Å². The summed E-state index contributed by atoms with van der Waals surface area (Å²) in [4.78, 5) is 4.11. The lowest BCUT2D eigenvalue weighted by molar-refractivity contribution is 0.475. The number of hydrogen-bond acceptors (Lipinski definition) is 6. The second kappa shape index (κ2) is 7.79. The van der Waals surface area contributed by atoms with E-state index in [-0.39, 0.29) is 11.8 Å². The van der Waals surface area contributed by atoms with Crippen molar-refractivity contribution in [2.24, 2.45) is 10.7 Å². The van der Waals surface area contributed by atoms with Crippen molar-refractivity contribution in [3.63, 3.8) is 0 Å². The monoisotopic (exact) mass is 388 g/mol. The number of rotatable bonds is 4. The maximum absolute atomic E-state index is 9.58. The van der Waals surface area contributed by atoms with Gasteiger partial charge in [-0.25, -0.2) is 4.68 Å². The van der Waals surface area contributed by atoms with Gasteiger partial charge in [0.15, 0.2) is 0 Å². The topological polar surface area (TPSA) is 101 Å². The summed E-state index contributed by atoms with van der Waals surface area (Å²) in [7, 11) is 1.73. The van der Waals surface area contributed by atoms with E-state index in [9.17, 15) is 5.11 Å². The molecule has 1 aliphatic heterocycles. The summed E-state index contributed by atoms with van der Waals surface area (Å²) in [5.41, 5.74) is 12.9. The predicted octanol–water partition coefficient (Wildman–Crippen LogP) is 3.52. The third kappa shape index (κ3) is 3.59. The number of nitrogens with two attached hydrogens (primary N) is 1. The Morgan fingerprint density at radius 3 is 2.79 bits per heavy atom. The number of aromatic nitrogens is 3. The summed E-state index contributed by atoms with van der Waals surface area (Å²) >= 11 is 0. The van der Waals surface area contributed by atoms with E-state index in [4.69, 9.17) is 5.73 Å². The van der Waals surface area contributed by atoms with Crippen LogP contribution in [0, 0.1) is 6.92 Å². The lowest BCUT2D eigenvalue weighted by Gasteiger charge is -2.21. The van der Waals surface area contributed by atoms with Gasteiger partial charge in [0.1, 0.15) is 5.75 Å². The number of allylic oxidation sites excluding steroid dienone is 1. The highest BCUT2D eigenvalue weighted by Crippen LogP contribution is 2.38. The van der Waals surface area contributed by atoms with Gasteiger partial charge >= 0.3 is 0 Å². The molecule has 0 saturated carbocycles.